The topological polar surface area (TPSA) is 20.3 Å². The van der Waals surface area contributed by atoms with Gasteiger partial charge in [-0.1, -0.05) is 0 Å². The number of carbonyl (C=O) groups excluding carboxylic acids is 1. The van der Waals surface area contributed by atoms with Gasteiger partial charge in [-0.25, -0.2) is 0 Å². The quantitative estimate of drug-likeness (QED) is 0.559. The molecule has 0 atom stereocenters. The molecule has 1 aliphatic carbocycles. The summed E-state index contributed by atoms with van der Waals surface area (Å²) in [6.45, 7) is 3.23. The zero-order valence-electron chi connectivity index (χ0n) is 7.10. The fourth-order valence-electron chi connectivity index (χ4n) is 2.18. The van der Waals surface area contributed by atoms with Crippen molar-refractivity contribution in [2.75, 3.05) is 6.54 Å². The van der Waals surface area contributed by atoms with Crippen LogP contribution in [0.5, 0.6) is 0 Å². The maximum Gasteiger partial charge on any atom is 0.223 e. The number of hydrogen-bond acceptors (Lipinski definition) is 1. The Balaban J connectivity index is 2.08. The highest BCUT2D eigenvalue weighted by Crippen LogP contribution is 2.39. The molecule has 1 saturated heterocycles. The highest BCUT2D eigenvalue weighted by molar-refractivity contribution is 5.79. The second kappa shape index (κ2) is 2.23. The molecule has 0 bridgehead atoms. The normalized spacial score (nSPS) is 28.8. The van der Waals surface area contributed by atoms with E-state index in [-0.39, 0.29) is 5.54 Å². The predicted octanol–water partition coefficient (Wildman–Crippen LogP) is 1.55. The molecule has 1 heterocycles. The first-order valence-corrected chi connectivity index (χ1v) is 4.53. The van der Waals surface area contributed by atoms with Crippen LogP contribution in [0.3, 0.4) is 0 Å². The number of nitrogens with zero attached hydrogens (tertiary/aromatic N) is 1. The Morgan fingerprint density at radius 2 is 2.09 bits per heavy atom. The van der Waals surface area contributed by atoms with E-state index >= 15 is 0 Å². The molecule has 0 radical (unpaired) electrons. The lowest BCUT2D eigenvalue weighted by Gasteiger charge is -2.46. The molecular formula is C9H15NO. The van der Waals surface area contributed by atoms with Crippen molar-refractivity contribution >= 4 is 5.91 Å². The van der Waals surface area contributed by atoms with Gasteiger partial charge in [0.15, 0.2) is 0 Å². The Kier molecular flexibility index (Phi) is 1.44. The highest BCUT2D eigenvalue weighted by atomic mass is 16.2. The molecule has 2 fully saturated rings. The molecule has 0 N–H and O–H groups in total. The second-order valence-corrected chi connectivity index (χ2v) is 4.00. The number of carbonyl (C=O) groups is 1. The van der Waals surface area contributed by atoms with E-state index in [1.165, 1.54) is 19.3 Å². The van der Waals surface area contributed by atoms with Gasteiger partial charge in [-0.05, 0) is 32.6 Å². The van der Waals surface area contributed by atoms with Crippen molar-refractivity contribution in [2.45, 2.75) is 44.6 Å². The molecule has 1 saturated carbocycles. The van der Waals surface area contributed by atoms with E-state index < -0.39 is 0 Å². The molecule has 2 rings (SSSR count). The van der Waals surface area contributed by atoms with Crippen LogP contribution in [0.4, 0.5) is 0 Å². The van der Waals surface area contributed by atoms with Gasteiger partial charge in [-0.3, -0.25) is 4.79 Å². The molecule has 0 spiro atoms. The second-order valence-electron chi connectivity index (χ2n) is 4.00. The SMILES string of the molecule is CC1(N2CCCC2=O)CCC1. The van der Waals surface area contributed by atoms with Crippen LogP contribution in [-0.2, 0) is 4.79 Å². The lowest BCUT2D eigenvalue weighted by molar-refractivity contribution is -0.135. The van der Waals surface area contributed by atoms with E-state index in [1.54, 1.807) is 0 Å². The number of amides is 1. The molecule has 62 valence electrons. The van der Waals surface area contributed by atoms with Crippen molar-refractivity contribution in [1.29, 1.82) is 0 Å². The van der Waals surface area contributed by atoms with Crippen LogP contribution in [-0.4, -0.2) is 22.9 Å². The van der Waals surface area contributed by atoms with E-state index in [1.807, 2.05) is 0 Å². The van der Waals surface area contributed by atoms with Crippen LogP contribution in [0, 0.1) is 0 Å². The van der Waals surface area contributed by atoms with E-state index in [0.29, 0.717) is 5.91 Å². The summed E-state index contributed by atoms with van der Waals surface area (Å²) >= 11 is 0. The average molecular weight is 153 g/mol. The van der Waals surface area contributed by atoms with Crippen LogP contribution < -0.4 is 0 Å². The van der Waals surface area contributed by atoms with Crippen molar-refractivity contribution < 1.29 is 4.79 Å². The Bertz CT molecular complexity index is 184. The zero-order valence-corrected chi connectivity index (χ0v) is 7.10. The Labute approximate surface area is 67.6 Å². The van der Waals surface area contributed by atoms with Gasteiger partial charge in [-0.2, -0.15) is 0 Å². The fraction of sp³-hybridized carbons (Fsp3) is 0.889. The van der Waals surface area contributed by atoms with Gasteiger partial charge in [-0.15, -0.1) is 0 Å². The fourth-order valence-corrected chi connectivity index (χ4v) is 2.18. The van der Waals surface area contributed by atoms with Gasteiger partial charge < -0.3 is 4.90 Å². The van der Waals surface area contributed by atoms with E-state index in [2.05, 4.69) is 11.8 Å². The Morgan fingerprint density at radius 3 is 2.45 bits per heavy atom. The van der Waals surface area contributed by atoms with Gasteiger partial charge in [0.25, 0.3) is 0 Å². The maximum atomic E-state index is 11.3. The third-order valence-corrected chi connectivity index (χ3v) is 3.16. The molecule has 11 heavy (non-hydrogen) atoms. The van der Waals surface area contributed by atoms with Crippen molar-refractivity contribution in [3.8, 4) is 0 Å². The highest BCUT2D eigenvalue weighted by Gasteiger charge is 2.41. The summed E-state index contributed by atoms with van der Waals surface area (Å²) < 4.78 is 0. The summed E-state index contributed by atoms with van der Waals surface area (Å²) in [5, 5.41) is 0. The maximum absolute atomic E-state index is 11.3. The molecule has 0 aromatic carbocycles. The third kappa shape index (κ3) is 0.959. The largest absolute Gasteiger partial charge is 0.337 e. The molecule has 2 heteroatoms. The zero-order chi connectivity index (χ0) is 7.90. The van der Waals surface area contributed by atoms with E-state index in [4.69, 9.17) is 0 Å². The third-order valence-electron chi connectivity index (χ3n) is 3.16. The Hall–Kier alpha value is -0.530. The summed E-state index contributed by atoms with van der Waals surface area (Å²) in [5.41, 5.74) is 0.258. The van der Waals surface area contributed by atoms with Crippen molar-refractivity contribution in [3.05, 3.63) is 0 Å². The summed E-state index contributed by atoms with van der Waals surface area (Å²) in [7, 11) is 0. The monoisotopic (exact) mass is 153 g/mol. The van der Waals surface area contributed by atoms with Gasteiger partial charge >= 0.3 is 0 Å². The standard InChI is InChI=1S/C9H15NO/c1-9(5-3-6-9)10-7-2-4-8(10)11/h2-7H2,1H3. The minimum atomic E-state index is 0.258. The van der Waals surface area contributed by atoms with Crippen molar-refractivity contribution in [2.24, 2.45) is 0 Å². The Morgan fingerprint density at radius 1 is 1.36 bits per heavy atom. The minimum Gasteiger partial charge on any atom is -0.337 e. The van der Waals surface area contributed by atoms with Crippen LogP contribution in [0.2, 0.25) is 0 Å². The molecule has 1 amide bonds. The number of hydrogen-bond donors (Lipinski definition) is 0. The summed E-state index contributed by atoms with van der Waals surface area (Å²) in [6, 6.07) is 0. The first-order valence-electron chi connectivity index (χ1n) is 4.53. The van der Waals surface area contributed by atoms with Gasteiger partial charge in [0.05, 0.1) is 0 Å². The average Bonchev–Trinajstić information content (AvgIpc) is 2.30. The molecule has 2 aliphatic rings. The molecule has 0 unspecified atom stereocenters. The van der Waals surface area contributed by atoms with Crippen LogP contribution in [0.25, 0.3) is 0 Å². The van der Waals surface area contributed by atoms with Crippen LogP contribution in [0.15, 0.2) is 0 Å². The summed E-state index contributed by atoms with van der Waals surface area (Å²) in [5.74, 6) is 0.382. The first-order chi connectivity index (χ1) is 5.22. The van der Waals surface area contributed by atoms with Crippen molar-refractivity contribution in [1.82, 2.24) is 4.90 Å². The lowest BCUT2D eigenvalue weighted by Crippen LogP contribution is -2.51. The molecule has 2 nitrogen and oxygen atoms in total. The van der Waals surface area contributed by atoms with E-state index in [0.717, 1.165) is 19.4 Å². The van der Waals surface area contributed by atoms with Crippen molar-refractivity contribution in [3.63, 3.8) is 0 Å². The predicted molar refractivity (Wildman–Crippen MR) is 43.2 cm³/mol. The minimum absolute atomic E-state index is 0.258. The summed E-state index contributed by atoms with van der Waals surface area (Å²) in [4.78, 5) is 13.4. The molecular weight excluding hydrogens is 138 g/mol. The van der Waals surface area contributed by atoms with Gasteiger partial charge in [0.2, 0.25) is 5.91 Å². The number of likely N-dealkylation sites (tertiary alicyclic amines) is 1. The molecule has 0 aromatic heterocycles. The van der Waals surface area contributed by atoms with E-state index in [9.17, 15) is 4.79 Å². The van der Waals surface area contributed by atoms with Gasteiger partial charge in [0.1, 0.15) is 0 Å². The lowest BCUT2D eigenvalue weighted by atomic mass is 9.77. The van der Waals surface area contributed by atoms with Crippen LogP contribution in [0.1, 0.15) is 39.0 Å². The van der Waals surface area contributed by atoms with Gasteiger partial charge in [0, 0.05) is 18.5 Å². The molecule has 1 aliphatic heterocycles. The first kappa shape index (κ1) is 7.14. The van der Waals surface area contributed by atoms with Crippen LogP contribution >= 0.6 is 0 Å². The number of rotatable bonds is 1. The summed E-state index contributed by atoms with van der Waals surface area (Å²) in [6.07, 6.45) is 5.61. The smallest absolute Gasteiger partial charge is 0.223 e. The molecule has 0 aromatic rings.